The minimum atomic E-state index is -0.0433. The van der Waals surface area contributed by atoms with Crippen molar-refractivity contribution in [2.75, 3.05) is 0 Å². The standard InChI is InChI=1S/C18H24N2O/c1-4-14(3)18(15-9-7-6-8-10-15)16(21)13-17-19-11-12-20(17)5-2/h6-12,14,18H,4-5,13H2,1-3H3. The number of ketones is 1. The fourth-order valence-electron chi connectivity index (χ4n) is 2.79. The van der Waals surface area contributed by atoms with Crippen LogP contribution in [0.5, 0.6) is 0 Å². The van der Waals surface area contributed by atoms with Gasteiger partial charge in [-0.3, -0.25) is 4.79 Å². The Bertz CT molecular complexity index is 574. The molecule has 0 radical (unpaired) electrons. The molecule has 0 amide bonds. The Morgan fingerprint density at radius 1 is 1.24 bits per heavy atom. The van der Waals surface area contributed by atoms with Crippen molar-refractivity contribution in [1.82, 2.24) is 9.55 Å². The summed E-state index contributed by atoms with van der Waals surface area (Å²) in [4.78, 5) is 17.2. The highest BCUT2D eigenvalue weighted by molar-refractivity contribution is 5.87. The van der Waals surface area contributed by atoms with Gasteiger partial charge in [-0.1, -0.05) is 50.6 Å². The summed E-state index contributed by atoms with van der Waals surface area (Å²) < 4.78 is 2.04. The number of Topliss-reactive ketones (excluding diaryl/α,β-unsaturated/α-hetero) is 1. The zero-order valence-electron chi connectivity index (χ0n) is 13.1. The summed E-state index contributed by atoms with van der Waals surface area (Å²) in [6, 6.07) is 10.1. The first-order valence-electron chi connectivity index (χ1n) is 7.75. The van der Waals surface area contributed by atoms with Crippen molar-refractivity contribution in [3.63, 3.8) is 0 Å². The second kappa shape index (κ2) is 7.21. The number of benzene rings is 1. The number of aromatic nitrogens is 2. The van der Waals surface area contributed by atoms with E-state index in [1.54, 1.807) is 6.20 Å². The Labute approximate surface area is 127 Å². The second-order valence-electron chi connectivity index (χ2n) is 5.55. The van der Waals surface area contributed by atoms with Crippen LogP contribution in [-0.2, 0) is 17.8 Å². The van der Waals surface area contributed by atoms with E-state index >= 15 is 0 Å². The van der Waals surface area contributed by atoms with Crippen molar-refractivity contribution in [3.8, 4) is 0 Å². The third-order valence-electron chi connectivity index (χ3n) is 4.19. The van der Waals surface area contributed by atoms with E-state index in [4.69, 9.17) is 0 Å². The average Bonchev–Trinajstić information content (AvgIpc) is 2.95. The molecule has 1 heterocycles. The summed E-state index contributed by atoms with van der Waals surface area (Å²) >= 11 is 0. The molecule has 3 nitrogen and oxygen atoms in total. The molecule has 0 aliphatic rings. The van der Waals surface area contributed by atoms with Crippen LogP contribution < -0.4 is 0 Å². The van der Waals surface area contributed by atoms with Gasteiger partial charge in [-0.25, -0.2) is 4.98 Å². The first-order valence-corrected chi connectivity index (χ1v) is 7.75. The number of hydrogen-bond acceptors (Lipinski definition) is 2. The van der Waals surface area contributed by atoms with Crippen LogP contribution in [0.3, 0.4) is 0 Å². The van der Waals surface area contributed by atoms with Gasteiger partial charge < -0.3 is 4.57 Å². The lowest BCUT2D eigenvalue weighted by atomic mass is 9.81. The average molecular weight is 284 g/mol. The molecule has 0 aliphatic heterocycles. The van der Waals surface area contributed by atoms with E-state index in [0.717, 1.165) is 24.4 Å². The van der Waals surface area contributed by atoms with Crippen molar-refractivity contribution in [2.24, 2.45) is 5.92 Å². The number of rotatable bonds is 7. The van der Waals surface area contributed by atoms with Crippen LogP contribution in [0, 0.1) is 5.92 Å². The molecule has 2 rings (SSSR count). The maximum Gasteiger partial charge on any atom is 0.148 e. The molecule has 2 atom stereocenters. The lowest BCUT2D eigenvalue weighted by Crippen LogP contribution is -2.23. The topological polar surface area (TPSA) is 34.9 Å². The molecule has 2 unspecified atom stereocenters. The Balaban J connectivity index is 2.23. The van der Waals surface area contributed by atoms with Crippen LogP contribution in [0.4, 0.5) is 0 Å². The number of imidazole rings is 1. The van der Waals surface area contributed by atoms with Crippen molar-refractivity contribution in [1.29, 1.82) is 0 Å². The molecule has 0 aliphatic carbocycles. The van der Waals surface area contributed by atoms with Crippen molar-refractivity contribution >= 4 is 5.78 Å². The van der Waals surface area contributed by atoms with E-state index in [9.17, 15) is 4.79 Å². The molecule has 1 aromatic heterocycles. The monoisotopic (exact) mass is 284 g/mol. The molecular weight excluding hydrogens is 260 g/mol. The minimum absolute atomic E-state index is 0.0433. The van der Waals surface area contributed by atoms with Gasteiger partial charge in [0.1, 0.15) is 11.6 Å². The molecule has 112 valence electrons. The largest absolute Gasteiger partial charge is 0.335 e. The van der Waals surface area contributed by atoms with Gasteiger partial charge in [0.05, 0.1) is 6.42 Å². The molecule has 0 bridgehead atoms. The summed E-state index contributed by atoms with van der Waals surface area (Å²) in [6.45, 7) is 7.21. The molecule has 0 spiro atoms. The highest BCUT2D eigenvalue weighted by atomic mass is 16.1. The summed E-state index contributed by atoms with van der Waals surface area (Å²) in [5.74, 6) is 1.42. The van der Waals surface area contributed by atoms with Gasteiger partial charge in [0.2, 0.25) is 0 Å². The van der Waals surface area contributed by atoms with Gasteiger partial charge in [-0.15, -0.1) is 0 Å². The maximum atomic E-state index is 12.8. The number of hydrogen-bond donors (Lipinski definition) is 0. The third-order valence-corrected chi connectivity index (χ3v) is 4.19. The predicted molar refractivity (Wildman–Crippen MR) is 85.3 cm³/mol. The summed E-state index contributed by atoms with van der Waals surface area (Å²) in [5.41, 5.74) is 1.12. The summed E-state index contributed by atoms with van der Waals surface area (Å²) in [5, 5.41) is 0. The SMILES string of the molecule is CCC(C)C(C(=O)Cc1nccn1CC)c1ccccc1. The number of carbonyl (C=O) groups is 1. The molecule has 0 saturated heterocycles. The highest BCUT2D eigenvalue weighted by Crippen LogP contribution is 2.28. The van der Waals surface area contributed by atoms with E-state index in [0.29, 0.717) is 12.3 Å². The Morgan fingerprint density at radius 3 is 2.57 bits per heavy atom. The van der Waals surface area contributed by atoms with Crippen LogP contribution in [0.2, 0.25) is 0 Å². The zero-order valence-corrected chi connectivity index (χ0v) is 13.1. The fourth-order valence-corrected chi connectivity index (χ4v) is 2.79. The van der Waals surface area contributed by atoms with Gasteiger partial charge >= 0.3 is 0 Å². The van der Waals surface area contributed by atoms with E-state index in [-0.39, 0.29) is 11.7 Å². The van der Waals surface area contributed by atoms with E-state index in [1.807, 2.05) is 29.0 Å². The zero-order chi connectivity index (χ0) is 15.2. The van der Waals surface area contributed by atoms with Gasteiger partial charge in [0, 0.05) is 24.9 Å². The van der Waals surface area contributed by atoms with E-state index < -0.39 is 0 Å². The van der Waals surface area contributed by atoms with Gasteiger partial charge in [0.25, 0.3) is 0 Å². The molecule has 0 fully saturated rings. The molecule has 0 saturated carbocycles. The quantitative estimate of drug-likeness (QED) is 0.774. The molecule has 3 heteroatoms. The van der Waals surface area contributed by atoms with Gasteiger partial charge in [-0.05, 0) is 18.4 Å². The van der Waals surface area contributed by atoms with Crippen LogP contribution in [0.1, 0.15) is 44.5 Å². The Kier molecular flexibility index (Phi) is 5.32. The third kappa shape index (κ3) is 3.60. The van der Waals surface area contributed by atoms with E-state index in [2.05, 4.69) is 37.9 Å². The Hall–Kier alpha value is -1.90. The van der Waals surface area contributed by atoms with Gasteiger partial charge in [0.15, 0.2) is 0 Å². The molecule has 1 aromatic carbocycles. The van der Waals surface area contributed by atoms with Crippen molar-refractivity contribution in [2.45, 2.75) is 46.1 Å². The lowest BCUT2D eigenvalue weighted by Gasteiger charge is -2.22. The molecular formula is C18H24N2O. The molecule has 0 N–H and O–H groups in total. The summed E-state index contributed by atoms with van der Waals surface area (Å²) in [6.07, 6.45) is 5.11. The normalized spacial score (nSPS) is 13.9. The van der Waals surface area contributed by atoms with Gasteiger partial charge in [-0.2, -0.15) is 0 Å². The summed E-state index contributed by atoms with van der Waals surface area (Å²) in [7, 11) is 0. The Morgan fingerprint density at radius 2 is 1.95 bits per heavy atom. The predicted octanol–water partition coefficient (Wildman–Crippen LogP) is 3.84. The first kappa shape index (κ1) is 15.5. The number of carbonyl (C=O) groups excluding carboxylic acids is 1. The molecule has 21 heavy (non-hydrogen) atoms. The van der Waals surface area contributed by atoms with E-state index in [1.165, 1.54) is 0 Å². The van der Waals surface area contributed by atoms with Crippen molar-refractivity contribution < 1.29 is 4.79 Å². The second-order valence-corrected chi connectivity index (χ2v) is 5.55. The van der Waals surface area contributed by atoms with Crippen LogP contribution in [0.25, 0.3) is 0 Å². The van der Waals surface area contributed by atoms with Crippen LogP contribution >= 0.6 is 0 Å². The molecule has 2 aromatic rings. The smallest absolute Gasteiger partial charge is 0.148 e. The van der Waals surface area contributed by atoms with Crippen LogP contribution in [-0.4, -0.2) is 15.3 Å². The first-order chi connectivity index (χ1) is 10.2. The van der Waals surface area contributed by atoms with Crippen LogP contribution in [0.15, 0.2) is 42.7 Å². The fraction of sp³-hybridized carbons (Fsp3) is 0.444. The maximum absolute atomic E-state index is 12.8. The number of aryl methyl sites for hydroxylation is 1. The lowest BCUT2D eigenvalue weighted by molar-refractivity contribution is -0.121. The number of nitrogens with zero attached hydrogens (tertiary/aromatic N) is 2. The minimum Gasteiger partial charge on any atom is -0.335 e. The van der Waals surface area contributed by atoms with Crippen molar-refractivity contribution in [3.05, 3.63) is 54.1 Å². The highest BCUT2D eigenvalue weighted by Gasteiger charge is 2.26.